The van der Waals surface area contributed by atoms with Crippen molar-refractivity contribution >= 4 is 5.91 Å². The van der Waals surface area contributed by atoms with Gasteiger partial charge < -0.3 is 23.8 Å². The standard InChI is InChI=1S/C16H24N2O5/c1-20-9-6-18(7-10-21-2)16(19)13-3-5-17-15(11-13)23-14-4-8-22-12-14/h3,5,11,14H,4,6-10,12H2,1-2H3. The number of hydrogen-bond donors (Lipinski definition) is 0. The first-order valence-corrected chi connectivity index (χ1v) is 7.72. The van der Waals surface area contributed by atoms with E-state index in [-0.39, 0.29) is 12.0 Å². The Kier molecular flexibility index (Phi) is 7.25. The van der Waals surface area contributed by atoms with Crippen molar-refractivity contribution in [3.63, 3.8) is 0 Å². The predicted octanol–water partition coefficient (Wildman–Crippen LogP) is 0.984. The molecule has 0 spiro atoms. The number of ether oxygens (including phenoxy) is 4. The normalized spacial score (nSPS) is 17.2. The Balaban J connectivity index is 2.02. The van der Waals surface area contributed by atoms with Crippen LogP contribution in [-0.4, -0.2) is 75.6 Å². The van der Waals surface area contributed by atoms with E-state index in [9.17, 15) is 4.79 Å². The van der Waals surface area contributed by atoms with Gasteiger partial charge in [-0.15, -0.1) is 0 Å². The minimum atomic E-state index is -0.0889. The van der Waals surface area contributed by atoms with Gasteiger partial charge in [0, 0.05) is 51.6 Å². The highest BCUT2D eigenvalue weighted by molar-refractivity contribution is 5.94. The smallest absolute Gasteiger partial charge is 0.254 e. The van der Waals surface area contributed by atoms with Gasteiger partial charge >= 0.3 is 0 Å². The van der Waals surface area contributed by atoms with Gasteiger partial charge in [0.1, 0.15) is 6.10 Å². The van der Waals surface area contributed by atoms with Crippen molar-refractivity contribution in [2.75, 3.05) is 53.7 Å². The molecule has 0 aromatic carbocycles. The Morgan fingerprint density at radius 3 is 2.70 bits per heavy atom. The molecule has 2 heterocycles. The molecule has 2 rings (SSSR count). The number of carbonyl (C=O) groups is 1. The fourth-order valence-electron chi connectivity index (χ4n) is 2.28. The zero-order chi connectivity index (χ0) is 16.5. The minimum Gasteiger partial charge on any atom is -0.472 e. The van der Waals surface area contributed by atoms with E-state index in [0.717, 1.165) is 6.42 Å². The van der Waals surface area contributed by atoms with Gasteiger partial charge in [-0.3, -0.25) is 4.79 Å². The van der Waals surface area contributed by atoms with Crippen molar-refractivity contribution < 1.29 is 23.7 Å². The van der Waals surface area contributed by atoms with Crippen LogP contribution < -0.4 is 4.74 Å². The highest BCUT2D eigenvalue weighted by Gasteiger charge is 2.20. The monoisotopic (exact) mass is 324 g/mol. The third-order valence-electron chi connectivity index (χ3n) is 3.57. The number of amides is 1. The number of carbonyl (C=O) groups excluding carboxylic acids is 1. The lowest BCUT2D eigenvalue weighted by Crippen LogP contribution is -2.36. The van der Waals surface area contributed by atoms with Gasteiger partial charge in [-0.05, 0) is 6.07 Å². The van der Waals surface area contributed by atoms with Gasteiger partial charge in [-0.2, -0.15) is 0 Å². The number of rotatable bonds is 9. The maximum Gasteiger partial charge on any atom is 0.254 e. The van der Waals surface area contributed by atoms with E-state index in [0.29, 0.717) is 51.0 Å². The van der Waals surface area contributed by atoms with Gasteiger partial charge in [0.05, 0.1) is 26.4 Å². The molecule has 0 bridgehead atoms. The van der Waals surface area contributed by atoms with E-state index in [1.54, 1.807) is 37.4 Å². The van der Waals surface area contributed by atoms with Crippen LogP contribution in [-0.2, 0) is 14.2 Å². The van der Waals surface area contributed by atoms with Crippen LogP contribution in [0.4, 0.5) is 0 Å². The van der Waals surface area contributed by atoms with Crippen LogP contribution in [0.3, 0.4) is 0 Å². The first kappa shape index (κ1) is 17.7. The molecule has 1 saturated heterocycles. The summed E-state index contributed by atoms with van der Waals surface area (Å²) in [6, 6.07) is 3.36. The van der Waals surface area contributed by atoms with E-state index in [2.05, 4.69) is 4.98 Å². The maximum absolute atomic E-state index is 12.7. The molecule has 1 amide bonds. The Morgan fingerprint density at radius 1 is 1.35 bits per heavy atom. The molecular formula is C16H24N2O5. The molecular weight excluding hydrogens is 300 g/mol. The molecule has 7 nitrogen and oxygen atoms in total. The fraction of sp³-hybridized carbons (Fsp3) is 0.625. The van der Waals surface area contributed by atoms with Crippen LogP contribution >= 0.6 is 0 Å². The lowest BCUT2D eigenvalue weighted by Gasteiger charge is -2.22. The zero-order valence-electron chi connectivity index (χ0n) is 13.7. The minimum absolute atomic E-state index is 0.00550. The van der Waals surface area contributed by atoms with Crippen molar-refractivity contribution in [1.29, 1.82) is 0 Å². The number of methoxy groups -OCH3 is 2. The molecule has 0 saturated carbocycles. The summed E-state index contributed by atoms with van der Waals surface area (Å²) in [6.45, 7) is 3.23. The molecule has 1 fully saturated rings. The summed E-state index contributed by atoms with van der Waals surface area (Å²) in [5.74, 6) is 0.360. The first-order chi connectivity index (χ1) is 11.2. The highest BCUT2D eigenvalue weighted by atomic mass is 16.5. The summed E-state index contributed by atoms with van der Waals surface area (Å²) in [7, 11) is 3.22. The van der Waals surface area contributed by atoms with Crippen LogP contribution in [0.15, 0.2) is 18.3 Å². The zero-order valence-corrected chi connectivity index (χ0v) is 13.7. The van der Waals surface area contributed by atoms with Gasteiger partial charge in [0.2, 0.25) is 5.88 Å². The number of aromatic nitrogens is 1. The Labute approximate surface area is 136 Å². The molecule has 0 radical (unpaired) electrons. The summed E-state index contributed by atoms with van der Waals surface area (Å²) in [6.07, 6.45) is 2.43. The van der Waals surface area contributed by atoms with E-state index in [1.165, 1.54) is 0 Å². The summed E-state index contributed by atoms with van der Waals surface area (Å²) in [5, 5.41) is 0. The van der Waals surface area contributed by atoms with Gasteiger partial charge in [-0.25, -0.2) is 4.98 Å². The second-order valence-corrected chi connectivity index (χ2v) is 5.26. The van der Waals surface area contributed by atoms with E-state index >= 15 is 0 Å². The highest BCUT2D eigenvalue weighted by Crippen LogP contribution is 2.16. The van der Waals surface area contributed by atoms with E-state index in [1.807, 2.05) is 0 Å². The molecule has 0 N–H and O–H groups in total. The van der Waals surface area contributed by atoms with Crippen LogP contribution in [0.2, 0.25) is 0 Å². The second-order valence-electron chi connectivity index (χ2n) is 5.26. The average Bonchev–Trinajstić information content (AvgIpc) is 3.08. The topological polar surface area (TPSA) is 70.1 Å². The van der Waals surface area contributed by atoms with Crippen LogP contribution in [0.25, 0.3) is 0 Å². The Morgan fingerprint density at radius 2 is 2.09 bits per heavy atom. The molecule has 7 heteroatoms. The van der Waals surface area contributed by atoms with Crippen LogP contribution in [0.5, 0.6) is 5.88 Å². The fourth-order valence-corrected chi connectivity index (χ4v) is 2.28. The molecule has 1 unspecified atom stereocenters. The van der Waals surface area contributed by atoms with E-state index in [4.69, 9.17) is 18.9 Å². The summed E-state index contributed by atoms with van der Waals surface area (Å²) in [5.41, 5.74) is 0.543. The van der Waals surface area contributed by atoms with Gasteiger partial charge in [0.25, 0.3) is 5.91 Å². The average molecular weight is 324 g/mol. The molecule has 1 aromatic rings. The molecule has 1 aliphatic heterocycles. The van der Waals surface area contributed by atoms with Crippen molar-refractivity contribution in [3.05, 3.63) is 23.9 Å². The lowest BCUT2D eigenvalue weighted by atomic mass is 10.2. The van der Waals surface area contributed by atoms with Gasteiger partial charge in [-0.1, -0.05) is 0 Å². The quantitative estimate of drug-likeness (QED) is 0.674. The Bertz CT molecular complexity index is 483. The molecule has 1 aromatic heterocycles. The molecule has 128 valence electrons. The second kappa shape index (κ2) is 9.44. The predicted molar refractivity (Wildman–Crippen MR) is 83.7 cm³/mol. The third-order valence-corrected chi connectivity index (χ3v) is 3.57. The SMILES string of the molecule is COCCN(CCOC)C(=O)c1ccnc(OC2CCOC2)c1. The molecule has 23 heavy (non-hydrogen) atoms. The lowest BCUT2D eigenvalue weighted by molar-refractivity contribution is 0.0626. The van der Waals surface area contributed by atoms with E-state index < -0.39 is 0 Å². The van der Waals surface area contributed by atoms with Crippen molar-refractivity contribution in [1.82, 2.24) is 9.88 Å². The summed E-state index contributed by atoms with van der Waals surface area (Å²) >= 11 is 0. The van der Waals surface area contributed by atoms with Crippen molar-refractivity contribution in [2.45, 2.75) is 12.5 Å². The van der Waals surface area contributed by atoms with Crippen LogP contribution in [0, 0.1) is 0 Å². The van der Waals surface area contributed by atoms with Crippen molar-refractivity contribution in [2.24, 2.45) is 0 Å². The summed E-state index contributed by atoms with van der Waals surface area (Å²) in [4.78, 5) is 18.5. The van der Waals surface area contributed by atoms with Crippen LogP contribution in [0.1, 0.15) is 16.8 Å². The molecule has 0 aliphatic carbocycles. The largest absolute Gasteiger partial charge is 0.472 e. The van der Waals surface area contributed by atoms with Gasteiger partial charge in [0.15, 0.2) is 0 Å². The Hall–Kier alpha value is -1.70. The third kappa shape index (κ3) is 5.46. The summed E-state index contributed by atoms with van der Waals surface area (Å²) < 4.78 is 21.2. The maximum atomic E-state index is 12.7. The first-order valence-electron chi connectivity index (χ1n) is 7.72. The molecule has 1 aliphatic rings. The number of hydrogen-bond acceptors (Lipinski definition) is 6. The molecule has 1 atom stereocenters. The van der Waals surface area contributed by atoms with Crippen molar-refractivity contribution in [3.8, 4) is 5.88 Å². The number of pyridine rings is 1. The number of nitrogens with zero attached hydrogens (tertiary/aromatic N) is 2.